The molecule has 1 aromatic carbocycles. The highest BCUT2D eigenvalue weighted by Crippen LogP contribution is 2.27. The third-order valence-electron chi connectivity index (χ3n) is 2.05. The molecule has 1 rings (SSSR count). The third kappa shape index (κ3) is 4.37. The summed E-state index contributed by atoms with van der Waals surface area (Å²) >= 11 is 5.57. The van der Waals surface area contributed by atoms with Gasteiger partial charge in [0, 0.05) is 17.5 Å². The number of alkyl halides is 3. The molecule has 0 aromatic heterocycles. The van der Waals surface area contributed by atoms with Gasteiger partial charge in [0.2, 0.25) is 0 Å². The second kappa shape index (κ2) is 5.01. The Morgan fingerprint density at radius 3 is 2.38 bits per heavy atom. The molecule has 90 valence electrons. The Morgan fingerprint density at radius 1 is 1.25 bits per heavy atom. The fourth-order valence-electron chi connectivity index (χ4n) is 1.28. The number of benzene rings is 1. The normalized spacial score (nSPS) is 13.9. The maximum absolute atomic E-state index is 12.9. The molecule has 6 heteroatoms. The van der Waals surface area contributed by atoms with Gasteiger partial charge in [-0.25, -0.2) is 4.39 Å². The fourth-order valence-corrected chi connectivity index (χ4v) is 1.51. The molecule has 0 spiro atoms. The first-order valence-electron chi connectivity index (χ1n) is 4.56. The largest absolute Gasteiger partial charge is 0.389 e. The van der Waals surface area contributed by atoms with Crippen molar-refractivity contribution in [1.82, 2.24) is 0 Å². The third-order valence-corrected chi connectivity index (χ3v) is 2.27. The Balaban J connectivity index is 2.69. The molecule has 0 aliphatic heterocycles. The van der Waals surface area contributed by atoms with Gasteiger partial charge >= 0.3 is 6.18 Å². The van der Waals surface area contributed by atoms with Crippen LogP contribution in [-0.4, -0.2) is 6.18 Å². The van der Waals surface area contributed by atoms with Crippen LogP contribution in [0.5, 0.6) is 0 Å². The van der Waals surface area contributed by atoms with Crippen molar-refractivity contribution in [3.63, 3.8) is 0 Å². The van der Waals surface area contributed by atoms with Crippen LogP contribution >= 0.6 is 11.6 Å². The van der Waals surface area contributed by atoms with Crippen LogP contribution < -0.4 is 5.73 Å². The average molecular weight is 256 g/mol. The maximum atomic E-state index is 12.9. The van der Waals surface area contributed by atoms with Crippen LogP contribution in [0.4, 0.5) is 17.6 Å². The Morgan fingerprint density at radius 2 is 1.88 bits per heavy atom. The van der Waals surface area contributed by atoms with Gasteiger partial charge in [0.05, 0.1) is 0 Å². The van der Waals surface area contributed by atoms with Gasteiger partial charge in [-0.15, -0.1) is 0 Å². The van der Waals surface area contributed by atoms with Gasteiger partial charge in [-0.2, -0.15) is 13.2 Å². The lowest BCUT2D eigenvalue weighted by Gasteiger charge is -2.13. The summed E-state index contributed by atoms with van der Waals surface area (Å²) in [7, 11) is 0. The standard InChI is InChI=1S/C10H10ClF4N/c11-7-3-6(4-8(12)5-7)9(16)1-2-10(13,14)15/h3-5,9H,1-2,16H2/t9-/m1/s1. The molecule has 0 fully saturated rings. The molecule has 0 bridgehead atoms. The molecular weight excluding hydrogens is 246 g/mol. The Hall–Kier alpha value is -0.810. The Labute approximate surface area is 95.2 Å². The molecule has 0 heterocycles. The summed E-state index contributed by atoms with van der Waals surface area (Å²) < 4.78 is 48.7. The molecule has 1 nitrogen and oxygen atoms in total. The smallest absolute Gasteiger partial charge is 0.324 e. The molecule has 1 atom stereocenters. The van der Waals surface area contributed by atoms with Crippen molar-refractivity contribution >= 4 is 11.6 Å². The molecular formula is C10H10ClF4N. The summed E-state index contributed by atoms with van der Waals surface area (Å²) in [6, 6.07) is 2.66. The minimum absolute atomic E-state index is 0.123. The minimum Gasteiger partial charge on any atom is -0.324 e. The van der Waals surface area contributed by atoms with E-state index in [-0.39, 0.29) is 17.0 Å². The average Bonchev–Trinajstić information content (AvgIpc) is 2.11. The molecule has 2 N–H and O–H groups in total. The molecule has 0 radical (unpaired) electrons. The van der Waals surface area contributed by atoms with Crippen LogP contribution in [0.1, 0.15) is 24.4 Å². The Kier molecular flexibility index (Phi) is 4.15. The van der Waals surface area contributed by atoms with Crippen molar-refractivity contribution in [2.75, 3.05) is 0 Å². The number of rotatable bonds is 3. The van der Waals surface area contributed by atoms with E-state index in [9.17, 15) is 17.6 Å². The van der Waals surface area contributed by atoms with Crippen molar-refractivity contribution in [1.29, 1.82) is 0 Å². The number of halogens is 5. The molecule has 0 amide bonds. The first-order chi connectivity index (χ1) is 7.28. The SMILES string of the molecule is N[C@H](CCC(F)(F)F)c1cc(F)cc(Cl)c1. The van der Waals surface area contributed by atoms with E-state index in [2.05, 4.69) is 0 Å². The molecule has 1 aromatic rings. The summed E-state index contributed by atoms with van der Waals surface area (Å²) in [5.41, 5.74) is 5.79. The number of hydrogen-bond donors (Lipinski definition) is 1. The van der Waals surface area contributed by atoms with Crippen LogP contribution in [-0.2, 0) is 0 Å². The molecule has 16 heavy (non-hydrogen) atoms. The zero-order chi connectivity index (χ0) is 12.3. The van der Waals surface area contributed by atoms with Gasteiger partial charge in [-0.3, -0.25) is 0 Å². The van der Waals surface area contributed by atoms with Crippen LogP contribution in [0.15, 0.2) is 18.2 Å². The van der Waals surface area contributed by atoms with Gasteiger partial charge in [0.15, 0.2) is 0 Å². The second-order valence-electron chi connectivity index (χ2n) is 3.46. The van der Waals surface area contributed by atoms with E-state index < -0.39 is 24.5 Å². The maximum Gasteiger partial charge on any atom is 0.389 e. The van der Waals surface area contributed by atoms with Gasteiger partial charge in [0.1, 0.15) is 5.82 Å². The van der Waals surface area contributed by atoms with E-state index in [1.54, 1.807) is 0 Å². The lowest BCUT2D eigenvalue weighted by molar-refractivity contribution is -0.136. The summed E-state index contributed by atoms with van der Waals surface area (Å²) in [6.07, 6.45) is -5.54. The van der Waals surface area contributed by atoms with Crippen LogP contribution in [0, 0.1) is 5.82 Å². The van der Waals surface area contributed by atoms with Gasteiger partial charge in [-0.1, -0.05) is 11.6 Å². The van der Waals surface area contributed by atoms with Crippen molar-refractivity contribution in [2.24, 2.45) is 5.73 Å². The van der Waals surface area contributed by atoms with Crippen molar-refractivity contribution in [3.05, 3.63) is 34.6 Å². The van der Waals surface area contributed by atoms with Crippen molar-refractivity contribution < 1.29 is 17.6 Å². The van der Waals surface area contributed by atoms with Crippen molar-refractivity contribution in [3.8, 4) is 0 Å². The van der Waals surface area contributed by atoms with Gasteiger partial charge in [0.25, 0.3) is 0 Å². The minimum atomic E-state index is -4.26. The predicted octanol–water partition coefficient (Wildman–Crippen LogP) is 3.82. The lowest BCUT2D eigenvalue weighted by atomic mass is 10.0. The Bertz CT molecular complexity index is 344. The van der Waals surface area contributed by atoms with E-state index in [4.69, 9.17) is 17.3 Å². The highest BCUT2D eigenvalue weighted by Gasteiger charge is 2.27. The molecule has 0 aliphatic rings. The first-order valence-corrected chi connectivity index (χ1v) is 4.94. The van der Waals surface area contributed by atoms with Gasteiger partial charge < -0.3 is 5.73 Å². The zero-order valence-corrected chi connectivity index (χ0v) is 8.95. The topological polar surface area (TPSA) is 26.0 Å². The zero-order valence-electron chi connectivity index (χ0n) is 8.19. The summed E-state index contributed by atoms with van der Waals surface area (Å²) in [4.78, 5) is 0. The summed E-state index contributed by atoms with van der Waals surface area (Å²) in [5, 5.41) is 0.123. The molecule has 0 saturated carbocycles. The molecule has 0 aliphatic carbocycles. The van der Waals surface area contributed by atoms with Crippen LogP contribution in [0.3, 0.4) is 0 Å². The van der Waals surface area contributed by atoms with E-state index in [1.165, 1.54) is 6.07 Å². The quantitative estimate of drug-likeness (QED) is 0.817. The summed E-state index contributed by atoms with van der Waals surface area (Å²) in [5.74, 6) is -0.607. The fraction of sp³-hybridized carbons (Fsp3) is 0.400. The van der Waals surface area contributed by atoms with Crippen molar-refractivity contribution in [2.45, 2.75) is 25.1 Å². The number of nitrogens with two attached hydrogens (primary N) is 1. The monoisotopic (exact) mass is 255 g/mol. The van der Waals surface area contributed by atoms with E-state index in [0.717, 1.165) is 12.1 Å². The van der Waals surface area contributed by atoms with Gasteiger partial charge in [-0.05, 0) is 30.2 Å². The predicted molar refractivity (Wildman–Crippen MR) is 53.6 cm³/mol. The highest BCUT2D eigenvalue weighted by molar-refractivity contribution is 6.30. The first kappa shape index (κ1) is 13.3. The lowest BCUT2D eigenvalue weighted by Crippen LogP contribution is -2.15. The summed E-state index contributed by atoms with van der Waals surface area (Å²) in [6.45, 7) is 0. The van der Waals surface area contributed by atoms with E-state index in [1.807, 2.05) is 0 Å². The number of hydrogen-bond acceptors (Lipinski definition) is 1. The van der Waals surface area contributed by atoms with Crippen LogP contribution in [0.2, 0.25) is 5.02 Å². The second-order valence-corrected chi connectivity index (χ2v) is 3.90. The van der Waals surface area contributed by atoms with E-state index in [0.29, 0.717) is 0 Å². The molecule has 0 unspecified atom stereocenters. The molecule has 0 saturated heterocycles. The highest BCUT2D eigenvalue weighted by atomic mass is 35.5. The van der Waals surface area contributed by atoms with Crippen LogP contribution in [0.25, 0.3) is 0 Å². The van der Waals surface area contributed by atoms with E-state index >= 15 is 0 Å².